The monoisotopic (exact) mass is 421 g/mol. The lowest BCUT2D eigenvalue weighted by molar-refractivity contribution is -0.866. The summed E-state index contributed by atoms with van der Waals surface area (Å²) in [5.74, 6) is 0.146. The summed E-state index contributed by atoms with van der Waals surface area (Å²) in [7, 11) is 1.48. The second kappa shape index (κ2) is 10.3. The highest BCUT2D eigenvalue weighted by Gasteiger charge is 2.43. The zero-order chi connectivity index (χ0) is 21.0. The van der Waals surface area contributed by atoms with E-state index in [-0.39, 0.29) is 38.1 Å². The summed E-state index contributed by atoms with van der Waals surface area (Å²) in [6, 6.07) is 0. The van der Waals surface area contributed by atoms with Gasteiger partial charge in [-0.3, -0.25) is 0 Å². The van der Waals surface area contributed by atoms with Gasteiger partial charge in [-0.15, -0.1) is 0 Å². The third-order valence-electron chi connectivity index (χ3n) is 6.77. The van der Waals surface area contributed by atoms with Gasteiger partial charge in [-0.1, -0.05) is 12.8 Å². The first-order valence-electron chi connectivity index (χ1n) is 11.2. The second-order valence-corrected chi connectivity index (χ2v) is 9.65. The quantitative estimate of drug-likeness (QED) is 0.509. The van der Waals surface area contributed by atoms with E-state index in [1.165, 1.54) is 7.05 Å². The van der Waals surface area contributed by atoms with Crippen molar-refractivity contribution in [1.82, 2.24) is 0 Å². The Hall–Kier alpha value is -0.380. The SMILES string of the molecule is C[N+]1([O-])C[C@H](OCC2CCCC(F)C2)[C@@H](O)[C@H](O)[C@@H](OCC2CCCC(F)C2)C1. The molecule has 6 nitrogen and oxygen atoms in total. The highest BCUT2D eigenvalue weighted by molar-refractivity contribution is 4.87. The highest BCUT2D eigenvalue weighted by atomic mass is 19.1. The second-order valence-electron chi connectivity index (χ2n) is 9.65. The Kier molecular flexibility index (Phi) is 8.26. The van der Waals surface area contributed by atoms with Gasteiger partial charge >= 0.3 is 0 Å². The summed E-state index contributed by atoms with van der Waals surface area (Å²) in [4.78, 5) is 0. The topological polar surface area (TPSA) is 82.0 Å². The van der Waals surface area contributed by atoms with E-state index in [0.717, 1.165) is 25.7 Å². The van der Waals surface area contributed by atoms with Crippen molar-refractivity contribution in [2.45, 2.75) is 88.1 Å². The van der Waals surface area contributed by atoms with Gasteiger partial charge in [0.2, 0.25) is 0 Å². The molecule has 170 valence electrons. The van der Waals surface area contributed by atoms with Crippen molar-refractivity contribution in [3.63, 3.8) is 0 Å². The predicted octanol–water partition coefficient (Wildman–Crippen LogP) is 2.49. The Morgan fingerprint density at radius 3 is 1.62 bits per heavy atom. The van der Waals surface area contributed by atoms with Gasteiger partial charge in [-0.25, -0.2) is 8.78 Å². The van der Waals surface area contributed by atoms with E-state index in [4.69, 9.17) is 9.47 Å². The Morgan fingerprint density at radius 1 is 0.828 bits per heavy atom. The lowest BCUT2D eigenvalue weighted by Crippen LogP contribution is -2.48. The lowest BCUT2D eigenvalue weighted by atomic mass is 9.88. The minimum atomic E-state index is -1.25. The number of nitrogens with zero attached hydrogens (tertiary/aromatic N) is 1. The fourth-order valence-electron chi connectivity index (χ4n) is 5.07. The first kappa shape index (κ1) is 23.3. The molecule has 29 heavy (non-hydrogen) atoms. The van der Waals surface area contributed by atoms with E-state index in [9.17, 15) is 24.2 Å². The number of hydroxylamine groups is 3. The molecule has 0 radical (unpaired) electrons. The maximum Gasteiger partial charge on any atom is 0.135 e. The molecule has 8 heteroatoms. The molecule has 3 aliphatic rings. The molecule has 1 saturated heterocycles. The molecule has 0 aromatic heterocycles. The molecule has 4 unspecified atom stereocenters. The Bertz CT molecular complexity index is 469. The van der Waals surface area contributed by atoms with Crippen molar-refractivity contribution in [2.75, 3.05) is 33.4 Å². The zero-order valence-corrected chi connectivity index (χ0v) is 17.4. The first-order valence-corrected chi connectivity index (χ1v) is 11.2. The van der Waals surface area contributed by atoms with Crippen LogP contribution in [0.5, 0.6) is 0 Å². The summed E-state index contributed by atoms with van der Waals surface area (Å²) < 4.78 is 38.2. The first-order chi connectivity index (χ1) is 13.7. The number of quaternary nitrogens is 1. The number of aliphatic hydroxyl groups is 2. The summed E-state index contributed by atoms with van der Waals surface area (Å²) in [6.07, 6.45) is -0.359. The molecule has 0 aromatic carbocycles. The number of alkyl halides is 2. The normalized spacial score (nSPS) is 47.0. The van der Waals surface area contributed by atoms with E-state index < -0.39 is 41.4 Å². The van der Waals surface area contributed by atoms with Crippen LogP contribution in [0.25, 0.3) is 0 Å². The van der Waals surface area contributed by atoms with E-state index >= 15 is 0 Å². The largest absolute Gasteiger partial charge is 0.633 e. The predicted molar refractivity (Wildman–Crippen MR) is 104 cm³/mol. The van der Waals surface area contributed by atoms with E-state index in [1.54, 1.807) is 0 Å². The minimum Gasteiger partial charge on any atom is -0.633 e. The van der Waals surface area contributed by atoms with Crippen LogP contribution in [0.3, 0.4) is 0 Å². The van der Waals surface area contributed by atoms with E-state index in [2.05, 4.69) is 0 Å². The van der Waals surface area contributed by atoms with Crippen molar-refractivity contribution in [3.05, 3.63) is 5.21 Å². The lowest BCUT2D eigenvalue weighted by Gasteiger charge is -2.41. The number of halogens is 2. The maximum absolute atomic E-state index is 13.6. The molecule has 2 N–H and O–H groups in total. The van der Waals surface area contributed by atoms with Gasteiger partial charge < -0.3 is 29.5 Å². The van der Waals surface area contributed by atoms with Gasteiger partial charge in [0.25, 0.3) is 0 Å². The van der Waals surface area contributed by atoms with Crippen molar-refractivity contribution in [1.29, 1.82) is 0 Å². The summed E-state index contributed by atoms with van der Waals surface area (Å²) in [5.41, 5.74) is 0. The molecule has 8 atom stereocenters. The smallest absolute Gasteiger partial charge is 0.135 e. The molecule has 0 bridgehead atoms. The molecule has 0 spiro atoms. The third kappa shape index (κ3) is 6.80. The molecule has 3 rings (SSSR count). The van der Waals surface area contributed by atoms with Crippen LogP contribution in [-0.4, -0.2) is 85.0 Å². The average molecular weight is 422 g/mol. The molecular formula is C21H37F2NO5. The summed E-state index contributed by atoms with van der Waals surface area (Å²) in [5, 5.41) is 34.2. The molecule has 3 fully saturated rings. The van der Waals surface area contributed by atoms with Crippen LogP contribution in [0.4, 0.5) is 8.78 Å². The van der Waals surface area contributed by atoms with Crippen molar-refractivity contribution < 1.29 is 33.1 Å². The Morgan fingerprint density at radius 2 is 1.24 bits per heavy atom. The number of hydrogen-bond donors (Lipinski definition) is 2. The Labute approximate surface area is 172 Å². The van der Waals surface area contributed by atoms with Crippen LogP contribution in [0.2, 0.25) is 0 Å². The van der Waals surface area contributed by atoms with Crippen LogP contribution in [0.1, 0.15) is 51.4 Å². The fourth-order valence-corrected chi connectivity index (χ4v) is 5.07. The molecule has 1 heterocycles. The van der Waals surface area contributed by atoms with Crippen molar-refractivity contribution in [3.8, 4) is 0 Å². The molecule has 2 aliphatic carbocycles. The molecule has 0 amide bonds. The van der Waals surface area contributed by atoms with E-state index in [1.807, 2.05) is 0 Å². The van der Waals surface area contributed by atoms with Crippen LogP contribution in [0, 0.1) is 17.0 Å². The average Bonchev–Trinajstić information content (AvgIpc) is 2.74. The number of likely N-dealkylation sites (tertiary alicyclic amines) is 1. The fraction of sp³-hybridized carbons (Fsp3) is 1.00. The molecule has 1 aliphatic heterocycles. The van der Waals surface area contributed by atoms with Gasteiger partial charge in [-0.05, 0) is 50.4 Å². The molecule has 2 saturated carbocycles. The van der Waals surface area contributed by atoms with Crippen LogP contribution >= 0.6 is 0 Å². The van der Waals surface area contributed by atoms with Gasteiger partial charge in [0.15, 0.2) is 0 Å². The summed E-state index contributed by atoms with van der Waals surface area (Å²) in [6.45, 7) is 0.556. The van der Waals surface area contributed by atoms with Crippen molar-refractivity contribution in [2.24, 2.45) is 11.8 Å². The number of hydrogen-bond acceptors (Lipinski definition) is 5. The molecular weight excluding hydrogens is 384 g/mol. The number of aliphatic hydroxyl groups excluding tert-OH is 2. The Balaban J connectivity index is 1.55. The van der Waals surface area contributed by atoms with Gasteiger partial charge in [0, 0.05) is 0 Å². The standard InChI is InChI=1S/C21H37F2NO5/c1-24(27)10-18(28-12-14-4-2-6-16(22)8-14)20(25)21(26)19(11-24)29-13-15-5-3-7-17(23)9-15/h14-21,25-26H,2-13H2,1H3/t14?,15?,16?,17?,18-,19-,20+,21+,24?/m0/s1. The highest BCUT2D eigenvalue weighted by Crippen LogP contribution is 2.30. The van der Waals surface area contributed by atoms with Crippen molar-refractivity contribution >= 4 is 0 Å². The molecule has 0 aromatic rings. The number of ether oxygens (including phenoxy) is 2. The number of rotatable bonds is 6. The van der Waals surface area contributed by atoms with Crippen LogP contribution < -0.4 is 0 Å². The van der Waals surface area contributed by atoms with Crippen LogP contribution in [-0.2, 0) is 9.47 Å². The van der Waals surface area contributed by atoms with Gasteiger partial charge in [0.1, 0.15) is 49.8 Å². The number of likely N-dealkylation sites (N-methyl/N-ethyl adjacent to an activating group) is 1. The summed E-state index contributed by atoms with van der Waals surface area (Å²) >= 11 is 0. The maximum atomic E-state index is 13.6. The minimum absolute atomic E-state index is 0.000156. The zero-order valence-electron chi connectivity index (χ0n) is 17.4. The van der Waals surface area contributed by atoms with Crippen LogP contribution in [0.15, 0.2) is 0 Å². The van der Waals surface area contributed by atoms with Gasteiger partial charge in [0.05, 0.1) is 20.3 Å². The van der Waals surface area contributed by atoms with Gasteiger partial charge in [-0.2, -0.15) is 0 Å². The third-order valence-corrected chi connectivity index (χ3v) is 6.77. The van der Waals surface area contributed by atoms with E-state index in [0.29, 0.717) is 25.7 Å².